The fraction of sp³-hybridized carbons (Fsp3) is 0.636. The first-order valence-electron chi connectivity index (χ1n) is 5.01. The monoisotopic (exact) mass is 182 g/mol. The van der Waals surface area contributed by atoms with E-state index in [1.807, 2.05) is 12.2 Å². The predicted octanol–water partition coefficient (Wildman–Crippen LogP) is 1.84. The van der Waals surface area contributed by atoms with Gasteiger partial charge >= 0.3 is 0 Å². The molecule has 1 atom stereocenters. The molecule has 0 radical (unpaired) electrons. The Hall–Kier alpha value is -0.600. The van der Waals surface area contributed by atoms with Gasteiger partial charge < -0.3 is 11.1 Å². The van der Waals surface area contributed by atoms with Crippen LogP contribution in [-0.2, 0) is 0 Å². The van der Waals surface area contributed by atoms with Gasteiger partial charge in [0.25, 0.3) is 0 Å². The van der Waals surface area contributed by atoms with E-state index >= 15 is 0 Å². The smallest absolute Gasteiger partial charge is 0.0221 e. The molecule has 0 aliphatic heterocycles. The second-order valence-corrected chi connectivity index (χ2v) is 3.24. The Morgan fingerprint density at radius 2 is 2.00 bits per heavy atom. The van der Waals surface area contributed by atoms with Crippen LogP contribution in [0, 0.1) is 0 Å². The second-order valence-electron chi connectivity index (χ2n) is 3.24. The molecule has 13 heavy (non-hydrogen) atoms. The Balaban J connectivity index is 2.99. The highest BCUT2D eigenvalue weighted by molar-refractivity contribution is 4.81. The van der Waals surface area contributed by atoms with Crippen molar-refractivity contribution >= 4 is 0 Å². The van der Waals surface area contributed by atoms with Crippen molar-refractivity contribution in [3.8, 4) is 0 Å². The number of rotatable bonds is 9. The third kappa shape index (κ3) is 9.31. The molecule has 0 bridgehead atoms. The van der Waals surface area contributed by atoms with Crippen molar-refractivity contribution in [3.63, 3.8) is 0 Å². The quantitative estimate of drug-likeness (QED) is 0.422. The maximum Gasteiger partial charge on any atom is 0.0221 e. The summed E-state index contributed by atoms with van der Waals surface area (Å²) < 4.78 is 0. The second kappa shape index (κ2) is 9.49. The highest BCUT2D eigenvalue weighted by Gasteiger charge is 1.95. The lowest BCUT2D eigenvalue weighted by molar-refractivity contribution is 0.583. The Morgan fingerprint density at radius 3 is 2.62 bits per heavy atom. The van der Waals surface area contributed by atoms with Gasteiger partial charge in [-0.3, -0.25) is 0 Å². The van der Waals surface area contributed by atoms with Crippen molar-refractivity contribution in [1.82, 2.24) is 5.32 Å². The number of hydrogen-bond donors (Lipinski definition) is 2. The molecule has 0 aliphatic rings. The summed E-state index contributed by atoms with van der Waals surface area (Å²) in [5.74, 6) is 0. The third-order valence-corrected chi connectivity index (χ3v) is 1.98. The molecule has 0 aromatic heterocycles. The zero-order valence-electron chi connectivity index (χ0n) is 8.47. The minimum atomic E-state index is 0.182. The van der Waals surface area contributed by atoms with Crippen LogP contribution in [0.5, 0.6) is 0 Å². The van der Waals surface area contributed by atoms with Gasteiger partial charge in [-0.1, -0.05) is 25.0 Å². The number of nitrogens with one attached hydrogen (secondary N) is 1. The van der Waals surface area contributed by atoms with E-state index < -0.39 is 0 Å². The summed E-state index contributed by atoms with van der Waals surface area (Å²) in [4.78, 5) is 0. The molecule has 0 spiro atoms. The summed E-state index contributed by atoms with van der Waals surface area (Å²) in [7, 11) is 0. The van der Waals surface area contributed by atoms with E-state index in [-0.39, 0.29) is 6.04 Å². The van der Waals surface area contributed by atoms with Crippen LogP contribution in [0.1, 0.15) is 25.7 Å². The molecule has 0 fully saturated rings. The fourth-order valence-corrected chi connectivity index (χ4v) is 1.13. The van der Waals surface area contributed by atoms with E-state index in [2.05, 4.69) is 18.5 Å². The zero-order chi connectivity index (χ0) is 9.94. The van der Waals surface area contributed by atoms with Crippen LogP contribution in [0.4, 0.5) is 0 Å². The minimum absolute atomic E-state index is 0.182. The van der Waals surface area contributed by atoms with Gasteiger partial charge in [0, 0.05) is 12.6 Å². The van der Waals surface area contributed by atoms with Crippen LogP contribution in [0.15, 0.2) is 25.3 Å². The van der Waals surface area contributed by atoms with Crippen molar-refractivity contribution in [2.24, 2.45) is 5.73 Å². The molecule has 2 heteroatoms. The molecule has 2 nitrogen and oxygen atoms in total. The van der Waals surface area contributed by atoms with Gasteiger partial charge in [0.05, 0.1) is 0 Å². The van der Waals surface area contributed by atoms with Crippen LogP contribution in [0.3, 0.4) is 0 Å². The van der Waals surface area contributed by atoms with E-state index in [9.17, 15) is 0 Å². The van der Waals surface area contributed by atoms with Gasteiger partial charge in [-0.2, -0.15) is 0 Å². The lowest BCUT2D eigenvalue weighted by Crippen LogP contribution is -2.17. The summed E-state index contributed by atoms with van der Waals surface area (Å²) in [6.45, 7) is 9.28. The van der Waals surface area contributed by atoms with Crippen molar-refractivity contribution < 1.29 is 0 Å². The lowest BCUT2D eigenvalue weighted by atomic mass is 10.1. The molecule has 0 saturated heterocycles. The molecule has 1 unspecified atom stereocenters. The van der Waals surface area contributed by atoms with Gasteiger partial charge in [-0.05, 0) is 19.4 Å². The van der Waals surface area contributed by atoms with Gasteiger partial charge in [0.2, 0.25) is 0 Å². The Labute approximate surface area is 81.9 Å². The summed E-state index contributed by atoms with van der Waals surface area (Å²) >= 11 is 0. The van der Waals surface area contributed by atoms with E-state index in [0.717, 1.165) is 19.5 Å². The molecule has 0 aromatic carbocycles. The van der Waals surface area contributed by atoms with Crippen LogP contribution >= 0.6 is 0 Å². The standard InChI is InChI=1S/C11H22N2/c1-3-9-13-10-7-5-6-8-11(12)4-2/h3-4,11,13H,1-2,5-10,12H2. The highest BCUT2D eigenvalue weighted by atomic mass is 14.8. The van der Waals surface area contributed by atoms with E-state index in [4.69, 9.17) is 5.73 Å². The molecule has 0 rings (SSSR count). The van der Waals surface area contributed by atoms with Crippen LogP contribution in [0.2, 0.25) is 0 Å². The van der Waals surface area contributed by atoms with Gasteiger partial charge in [-0.15, -0.1) is 13.2 Å². The van der Waals surface area contributed by atoms with Crippen LogP contribution < -0.4 is 11.1 Å². The van der Waals surface area contributed by atoms with Gasteiger partial charge in [0.15, 0.2) is 0 Å². The molecule has 3 N–H and O–H groups in total. The van der Waals surface area contributed by atoms with Gasteiger partial charge in [-0.25, -0.2) is 0 Å². The van der Waals surface area contributed by atoms with Crippen molar-refractivity contribution in [1.29, 1.82) is 0 Å². The Kier molecular flexibility index (Phi) is 9.05. The maximum atomic E-state index is 5.69. The molecular formula is C11H22N2. The molecule has 0 heterocycles. The van der Waals surface area contributed by atoms with Crippen molar-refractivity contribution in [2.45, 2.75) is 31.7 Å². The van der Waals surface area contributed by atoms with E-state index in [1.165, 1.54) is 19.3 Å². The molecule has 0 saturated carbocycles. The fourth-order valence-electron chi connectivity index (χ4n) is 1.13. The molecule has 0 aromatic rings. The van der Waals surface area contributed by atoms with E-state index in [0.29, 0.717) is 0 Å². The predicted molar refractivity (Wildman–Crippen MR) is 59.7 cm³/mol. The largest absolute Gasteiger partial charge is 0.324 e. The summed E-state index contributed by atoms with van der Waals surface area (Å²) in [6, 6.07) is 0.182. The lowest BCUT2D eigenvalue weighted by Gasteiger charge is -2.05. The molecular weight excluding hydrogens is 160 g/mol. The SMILES string of the molecule is C=CCNCCCCCC(N)C=C. The molecule has 76 valence electrons. The third-order valence-electron chi connectivity index (χ3n) is 1.98. The Morgan fingerprint density at radius 1 is 1.23 bits per heavy atom. The van der Waals surface area contributed by atoms with Gasteiger partial charge in [0.1, 0.15) is 0 Å². The topological polar surface area (TPSA) is 38.0 Å². The molecule has 0 aliphatic carbocycles. The van der Waals surface area contributed by atoms with Crippen LogP contribution in [0.25, 0.3) is 0 Å². The first-order chi connectivity index (χ1) is 6.31. The first-order valence-corrected chi connectivity index (χ1v) is 5.01. The summed E-state index contributed by atoms with van der Waals surface area (Å²) in [5, 5.41) is 3.27. The highest BCUT2D eigenvalue weighted by Crippen LogP contribution is 2.01. The number of nitrogens with two attached hydrogens (primary N) is 1. The normalized spacial score (nSPS) is 12.4. The van der Waals surface area contributed by atoms with Crippen LogP contribution in [-0.4, -0.2) is 19.1 Å². The molecule has 0 amide bonds. The Bertz CT molecular complexity index is 132. The summed E-state index contributed by atoms with van der Waals surface area (Å²) in [5.41, 5.74) is 5.69. The first kappa shape index (κ1) is 12.4. The van der Waals surface area contributed by atoms with Crippen molar-refractivity contribution in [2.75, 3.05) is 13.1 Å². The van der Waals surface area contributed by atoms with Crippen molar-refractivity contribution in [3.05, 3.63) is 25.3 Å². The number of unbranched alkanes of at least 4 members (excludes halogenated alkanes) is 2. The zero-order valence-corrected chi connectivity index (χ0v) is 8.47. The number of hydrogen-bond acceptors (Lipinski definition) is 2. The summed E-state index contributed by atoms with van der Waals surface area (Å²) in [6.07, 6.45) is 8.42. The average molecular weight is 182 g/mol. The average Bonchev–Trinajstić information content (AvgIpc) is 2.16. The van der Waals surface area contributed by atoms with E-state index in [1.54, 1.807) is 0 Å². The minimum Gasteiger partial charge on any atom is -0.324 e. The maximum absolute atomic E-state index is 5.69.